The molecule has 3 rings (SSSR count). The van der Waals surface area contributed by atoms with E-state index in [4.69, 9.17) is 4.74 Å². The third-order valence-corrected chi connectivity index (χ3v) is 6.02. The summed E-state index contributed by atoms with van der Waals surface area (Å²) in [6, 6.07) is 1.33. The predicted molar refractivity (Wildman–Crippen MR) is 83.2 cm³/mol. The molecule has 21 heavy (non-hydrogen) atoms. The van der Waals surface area contributed by atoms with Gasteiger partial charge in [-0.2, -0.15) is 0 Å². The van der Waals surface area contributed by atoms with E-state index in [0.29, 0.717) is 25.1 Å². The van der Waals surface area contributed by atoms with Crippen LogP contribution in [0.3, 0.4) is 0 Å². The lowest BCUT2D eigenvalue weighted by molar-refractivity contribution is -0.149. The molecule has 0 aromatic carbocycles. The molecule has 2 atom stereocenters. The molecule has 0 amide bonds. The summed E-state index contributed by atoms with van der Waals surface area (Å²) in [4.78, 5) is 17.4. The summed E-state index contributed by atoms with van der Waals surface area (Å²) in [5, 5.41) is 0. The summed E-state index contributed by atoms with van der Waals surface area (Å²) in [6.07, 6.45) is 9.43. The number of hydrogen-bond acceptors (Lipinski definition) is 4. The van der Waals surface area contributed by atoms with Crippen molar-refractivity contribution in [1.29, 1.82) is 0 Å². The van der Waals surface area contributed by atoms with Crippen LogP contribution in [-0.4, -0.2) is 60.1 Å². The van der Waals surface area contributed by atoms with Gasteiger partial charge in [0.15, 0.2) is 0 Å². The SMILES string of the molecule is CCOC(=O)CC1(N2CCCCC2)CC2CCC(C1)N2C. The number of rotatable bonds is 4. The lowest BCUT2D eigenvalue weighted by Crippen LogP contribution is -2.60. The maximum atomic E-state index is 12.2. The molecule has 3 fully saturated rings. The van der Waals surface area contributed by atoms with Gasteiger partial charge in [0.2, 0.25) is 0 Å². The Kier molecular flexibility index (Phi) is 4.55. The molecule has 0 aromatic heterocycles. The van der Waals surface area contributed by atoms with Crippen molar-refractivity contribution in [3.8, 4) is 0 Å². The molecule has 3 saturated heterocycles. The average molecular weight is 294 g/mol. The molecule has 4 nitrogen and oxygen atoms in total. The minimum Gasteiger partial charge on any atom is -0.466 e. The fourth-order valence-corrected chi connectivity index (χ4v) is 4.91. The molecule has 0 aliphatic carbocycles. The van der Waals surface area contributed by atoms with Crippen molar-refractivity contribution in [1.82, 2.24) is 9.80 Å². The fourth-order valence-electron chi connectivity index (χ4n) is 4.91. The quantitative estimate of drug-likeness (QED) is 0.746. The average Bonchev–Trinajstić information content (AvgIpc) is 2.72. The summed E-state index contributed by atoms with van der Waals surface area (Å²) in [7, 11) is 2.27. The smallest absolute Gasteiger partial charge is 0.307 e. The van der Waals surface area contributed by atoms with Crippen LogP contribution in [0.25, 0.3) is 0 Å². The first-order valence-electron chi connectivity index (χ1n) is 8.77. The largest absolute Gasteiger partial charge is 0.466 e. The van der Waals surface area contributed by atoms with Crippen LogP contribution in [0.1, 0.15) is 58.3 Å². The van der Waals surface area contributed by atoms with Gasteiger partial charge >= 0.3 is 5.97 Å². The van der Waals surface area contributed by atoms with Crippen molar-refractivity contribution in [2.45, 2.75) is 75.9 Å². The second-order valence-corrected chi connectivity index (χ2v) is 7.21. The predicted octanol–water partition coefficient (Wildman–Crippen LogP) is 2.42. The minimum atomic E-state index is 0.00651. The second kappa shape index (κ2) is 6.25. The molecule has 3 aliphatic rings. The van der Waals surface area contributed by atoms with Crippen molar-refractivity contribution >= 4 is 5.97 Å². The van der Waals surface area contributed by atoms with E-state index in [1.165, 1.54) is 45.2 Å². The van der Waals surface area contributed by atoms with Crippen LogP contribution < -0.4 is 0 Å². The Morgan fingerprint density at radius 3 is 2.33 bits per heavy atom. The van der Waals surface area contributed by atoms with Crippen molar-refractivity contribution in [2.75, 3.05) is 26.7 Å². The molecule has 0 spiro atoms. The lowest BCUT2D eigenvalue weighted by atomic mass is 9.78. The topological polar surface area (TPSA) is 32.8 Å². The number of carbonyl (C=O) groups excluding carboxylic acids is 1. The highest BCUT2D eigenvalue weighted by Gasteiger charge is 2.50. The van der Waals surface area contributed by atoms with E-state index < -0.39 is 0 Å². The first-order valence-corrected chi connectivity index (χ1v) is 8.77. The number of fused-ring (bicyclic) bond motifs is 2. The van der Waals surface area contributed by atoms with Crippen LogP contribution in [0.15, 0.2) is 0 Å². The summed E-state index contributed by atoms with van der Waals surface area (Å²) in [5.41, 5.74) is 0.0744. The summed E-state index contributed by atoms with van der Waals surface area (Å²) < 4.78 is 5.30. The standard InChI is InChI=1S/C17H30N2O2/c1-3-21-16(20)13-17(19-9-5-4-6-10-19)11-14-7-8-15(12-17)18(14)2/h14-15H,3-13H2,1-2H3. The monoisotopic (exact) mass is 294 g/mol. The summed E-state index contributed by atoms with van der Waals surface area (Å²) >= 11 is 0. The summed E-state index contributed by atoms with van der Waals surface area (Å²) in [5.74, 6) is 0.00651. The molecule has 2 bridgehead atoms. The van der Waals surface area contributed by atoms with E-state index >= 15 is 0 Å². The van der Waals surface area contributed by atoms with Gasteiger partial charge < -0.3 is 9.64 Å². The van der Waals surface area contributed by atoms with Gasteiger partial charge in [0.05, 0.1) is 13.0 Å². The molecule has 2 unspecified atom stereocenters. The van der Waals surface area contributed by atoms with E-state index in [-0.39, 0.29) is 11.5 Å². The number of hydrogen-bond donors (Lipinski definition) is 0. The molecule has 0 aromatic rings. The Balaban J connectivity index is 1.79. The maximum Gasteiger partial charge on any atom is 0.307 e. The number of carbonyl (C=O) groups is 1. The Morgan fingerprint density at radius 2 is 1.76 bits per heavy atom. The minimum absolute atomic E-state index is 0.00651. The zero-order valence-electron chi connectivity index (χ0n) is 13.6. The first-order chi connectivity index (χ1) is 10.1. The third-order valence-electron chi connectivity index (χ3n) is 6.02. The van der Waals surface area contributed by atoms with Crippen molar-refractivity contribution < 1.29 is 9.53 Å². The van der Waals surface area contributed by atoms with E-state index in [2.05, 4.69) is 16.8 Å². The van der Waals surface area contributed by atoms with Crippen molar-refractivity contribution in [3.63, 3.8) is 0 Å². The van der Waals surface area contributed by atoms with Crippen LogP contribution >= 0.6 is 0 Å². The molecule has 0 saturated carbocycles. The number of piperidine rings is 2. The van der Waals surface area contributed by atoms with E-state index in [0.717, 1.165) is 12.8 Å². The molecule has 120 valence electrons. The van der Waals surface area contributed by atoms with Gasteiger partial charge in [0, 0.05) is 17.6 Å². The molecule has 4 heteroatoms. The molecular formula is C17H30N2O2. The molecule has 3 aliphatic heterocycles. The van der Waals surface area contributed by atoms with E-state index in [1.807, 2.05) is 6.92 Å². The van der Waals surface area contributed by atoms with Gasteiger partial charge in [0.1, 0.15) is 0 Å². The Bertz CT molecular complexity index is 365. The number of esters is 1. The fraction of sp³-hybridized carbons (Fsp3) is 0.941. The normalized spacial score (nSPS) is 37.6. The van der Waals surface area contributed by atoms with Crippen LogP contribution in [0.5, 0.6) is 0 Å². The Labute approximate surface area is 128 Å². The highest BCUT2D eigenvalue weighted by atomic mass is 16.5. The molecule has 3 heterocycles. The first kappa shape index (κ1) is 15.3. The van der Waals surface area contributed by atoms with Gasteiger partial charge in [-0.3, -0.25) is 9.69 Å². The molecular weight excluding hydrogens is 264 g/mol. The van der Waals surface area contributed by atoms with Gasteiger partial charge in [0.25, 0.3) is 0 Å². The van der Waals surface area contributed by atoms with Gasteiger partial charge in [-0.15, -0.1) is 0 Å². The second-order valence-electron chi connectivity index (χ2n) is 7.21. The highest BCUT2D eigenvalue weighted by Crippen LogP contribution is 2.45. The van der Waals surface area contributed by atoms with Gasteiger partial charge in [-0.05, 0) is 65.6 Å². The summed E-state index contributed by atoms with van der Waals surface area (Å²) in [6.45, 7) is 4.75. The highest BCUT2D eigenvalue weighted by molar-refractivity contribution is 5.71. The molecule has 0 N–H and O–H groups in total. The van der Waals surface area contributed by atoms with Crippen molar-refractivity contribution in [2.24, 2.45) is 0 Å². The van der Waals surface area contributed by atoms with Crippen LogP contribution in [0, 0.1) is 0 Å². The van der Waals surface area contributed by atoms with Crippen LogP contribution in [-0.2, 0) is 9.53 Å². The zero-order chi connectivity index (χ0) is 14.9. The van der Waals surface area contributed by atoms with Crippen LogP contribution in [0.2, 0.25) is 0 Å². The number of nitrogens with zero attached hydrogens (tertiary/aromatic N) is 2. The Morgan fingerprint density at radius 1 is 1.14 bits per heavy atom. The van der Waals surface area contributed by atoms with Gasteiger partial charge in [-0.25, -0.2) is 0 Å². The zero-order valence-corrected chi connectivity index (χ0v) is 13.6. The van der Waals surface area contributed by atoms with Crippen molar-refractivity contribution in [3.05, 3.63) is 0 Å². The van der Waals surface area contributed by atoms with E-state index in [9.17, 15) is 4.79 Å². The Hall–Kier alpha value is -0.610. The lowest BCUT2D eigenvalue weighted by Gasteiger charge is -2.52. The third kappa shape index (κ3) is 2.98. The molecule has 0 radical (unpaired) electrons. The van der Waals surface area contributed by atoms with E-state index in [1.54, 1.807) is 0 Å². The number of ether oxygens (including phenoxy) is 1. The maximum absolute atomic E-state index is 12.2. The van der Waals surface area contributed by atoms with Gasteiger partial charge in [-0.1, -0.05) is 6.42 Å². The van der Waals surface area contributed by atoms with Crippen LogP contribution in [0.4, 0.5) is 0 Å². The number of likely N-dealkylation sites (tertiary alicyclic amines) is 1.